The fourth-order valence-corrected chi connectivity index (χ4v) is 6.97. The summed E-state index contributed by atoms with van der Waals surface area (Å²) in [6.45, 7) is 0. The van der Waals surface area contributed by atoms with Gasteiger partial charge < -0.3 is 9.13 Å². The van der Waals surface area contributed by atoms with Gasteiger partial charge in [-0.25, -0.2) is 0 Å². The van der Waals surface area contributed by atoms with Crippen LogP contribution in [-0.4, -0.2) is 9.13 Å². The summed E-state index contributed by atoms with van der Waals surface area (Å²) in [6, 6.07) is 61.3. The number of rotatable bonds is 4. The highest BCUT2D eigenvalue weighted by atomic mass is 15.0. The average Bonchev–Trinajstić information content (AvgIpc) is 3.62. The van der Waals surface area contributed by atoms with Gasteiger partial charge in [-0.3, -0.25) is 0 Å². The van der Waals surface area contributed by atoms with Gasteiger partial charge in [0.25, 0.3) is 0 Å². The average molecular weight is 561 g/mol. The Morgan fingerprint density at radius 2 is 0.841 bits per heavy atom. The van der Waals surface area contributed by atoms with E-state index in [4.69, 9.17) is 0 Å². The molecule has 206 valence electrons. The third-order valence-corrected chi connectivity index (χ3v) is 8.89. The Bertz CT molecular complexity index is 2480. The van der Waals surface area contributed by atoms with Crippen LogP contribution in [0, 0.1) is 0 Å². The Kier molecular flexibility index (Phi) is 5.54. The van der Waals surface area contributed by atoms with Crippen molar-refractivity contribution in [3.8, 4) is 33.6 Å². The van der Waals surface area contributed by atoms with Gasteiger partial charge in [0, 0.05) is 32.9 Å². The van der Waals surface area contributed by atoms with Crippen LogP contribution >= 0.6 is 0 Å². The van der Waals surface area contributed by atoms with Gasteiger partial charge in [-0.2, -0.15) is 0 Å². The van der Waals surface area contributed by atoms with Gasteiger partial charge >= 0.3 is 0 Å². The van der Waals surface area contributed by atoms with Gasteiger partial charge in [-0.15, -0.1) is 0 Å². The molecular formula is C42H28N2. The van der Waals surface area contributed by atoms with Crippen LogP contribution in [-0.2, 0) is 0 Å². The molecule has 0 spiro atoms. The molecule has 0 N–H and O–H groups in total. The Morgan fingerprint density at radius 3 is 1.61 bits per heavy atom. The van der Waals surface area contributed by atoms with Crippen LogP contribution in [0.15, 0.2) is 170 Å². The van der Waals surface area contributed by atoms with Crippen LogP contribution < -0.4 is 0 Å². The minimum Gasteiger partial charge on any atom is -0.309 e. The number of para-hydroxylation sites is 3. The molecule has 0 aliphatic heterocycles. The predicted octanol–water partition coefficient (Wildman–Crippen LogP) is 11.2. The molecule has 2 heteroatoms. The molecular weight excluding hydrogens is 532 g/mol. The molecule has 9 aromatic rings. The second-order valence-electron chi connectivity index (χ2n) is 11.4. The van der Waals surface area contributed by atoms with E-state index in [1.54, 1.807) is 0 Å². The first-order chi connectivity index (χ1) is 21.8. The monoisotopic (exact) mass is 560 g/mol. The van der Waals surface area contributed by atoms with Crippen molar-refractivity contribution in [3.63, 3.8) is 0 Å². The van der Waals surface area contributed by atoms with E-state index >= 15 is 0 Å². The van der Waals surface area contributed by atoms with Crippen molar-refractivity contribution in [2.75, 3.05) is 0 Å². The van der Waals surface area contributed by atoms with E-state index < -0.39 is 0 Å². The van der Waals surface area contributed by atoms with E-state index in [2.05, 4.69) is 179 Å². The zero-order chi connectivity index (χ0) is 29.0. The normalized spacial score (nSPS) is 11.6. The lowest BCUT2D eigenvalue weighted by Gasteiger charge is -2.12. The van der Waals surface area contributed by atoms with Crippen molar-refractivity contribution < 1.29 is 0 Å². The fourth-order valence-electron chi connectivity index (χ4n) is 6.97. The highest BCUT2D eigenvalue weighted by Gasteiger charge is 2.20. The molecule has 9 rings (SSSR count). The van der Waals surface area contributed by atoms with Gasteiger partial charge in [0.2, 0.25) is 0 Å². The summed E-state index contributed by atoms with van der Waals surface area (Å²) in [6.07, 6.45) is 0. The molecule has 2 aromatic heterocycles. The molecule has 0 aliphatic rings. The Morgan fingerprint density at radius 1 is 0.295 bits per heavy atom. The Hall–Kier alpha value is -5.86. The lowest BCUT2D eigenvalue weighted by molar-refractivity contribution is 1.17. The summed E-state index contributed by atoms with van der Waals surface area (Å²) in [5.41, 5.74) is 12.1. The van der Waals surface area contributed by atoms with Crippen molar-refractivity contribution in [1.82, 2.24) is 9.13 Å². The number of benzene rings is 7. The zero-order valence-electron chi connectivity index (χ0n) is 24.1. The Balaban J connectivity index is 1.32. The second-order valence-corrected chi connectivity index (χ2v) is 11.4. The maximum absolute atomic E-state index is 2.44. The summed E-state index contributed by atoms with van der Waals surface area (Å²) >= 11 is 0. The second kappa shape index (κ2) is 9.86. The highest BCUT2D eigenvalue weighted by Crippen LogP contribution is 2.42. The van der Waals surface area contributed by atoms with Gasteiger partial charge in [-0.05, 0) is 70.8 Å². The SMILES string of the molecule is c1ccc(-c2cccc(-c3cccc(-n4c5ccccc5c5c4ccc4c6ccccc6n(-c6ccccc6)c45)c3)c2)cc1. The minimum absolute atomic E-state index is 1.15. The first-order valence-corrected chi connectivity index (χ1v) is 15.1. The molecule has 0 radical (unpaired) electrons. The van der Waals surface area contributed by atoms with Gasteiger partial charge in [-0.1, -0.05) is 121 Å². The molecule has 0 bridgehead atoms. The number of aromatic nitrogens is 2. The van der Waals surface area contributed by atoms with Crippen LogP contribution in [0.3, 0.4) is 0 Å². The van der Waals surface area contributed by atoms with Gasteiger partial charge in [0.15, 0.2) is 0 Å². The van der Waals surface area contributed by atoms with Gasteiger partial charge in [0.05, 0.1) is 22.1 Å². The molecule has 0 saturated heterocycles. The molecule has 44 heavy (non-hydrogen) atoms. The maximum atomic E-state index is 2.44. The van der Waals surface area contributed by atoms with Crippen molar-refractivity contribution in [1.29, 1.82) is 0 Å². The summed E-state index contributed by atoms with van der Waals surface area (Å²) in [5.74, 6) is 0. The van der Waals surface area contributed by atoms with Gasteiger partial charge in [0.1, 0.15) is 0 Å². The number of nitrogens with zero attached hydrogens (tertiary/aromatic N) is 2. The number of fused-ring (bicyclic) bond motifs is 7. The van der Waals surface area contributed by atoms with Crippen molar-refractivity contribution >= 4 is 43.6 Å². The van der Waals surface area contributed by atoms with Crippen molar-refractivity contribution in [2.45, 2.75) is 0 Å². The lowest BCUT2D eigenvalue weighted by Crippen LogP contribution is -1.95. The van der Waals surface area contributed by atoms with Crippen LogP contribution in [0.25, 0.3) is 77.2 Å². The van der Waals surface area contributed by atoms with Crippen molar-refractivity contribution in [2.24, 2.45) is 0 Å². The summed E-state index contributed by atoms with van der Waals surface area (Å²) in [4.78, 5) is 0. The first kappa shape index (κ1) is 24.7. The highest BCUT2D eigenvalue weighted by molar-refractivity contribution is 6.26. The van der Waals surface area contributed by atoms with E-state index in [-0.39, 0.29) is 0 Å². The molecule has 0 unspecified atom stereocenters. The van der Waals surface area contributed by atoms with Crippen LogP contribution in [0.1, 0.15) is 0 Å². The van der Waals surface area contributed by atoms with E-state index in [0.717, 1.165) is 5.69 Å². The lowest BCUT2D eigenvalue weighted by atomic mass is 9.99. The predicted molar refractivity (Wildman–Crippen MR) is 186 cm³/mol. The van der Waals surface area contributed by atoms with E-state index in [1.807, 2.05) is 0 Å². The van der Waals surface area contributed by atoms with Crippen LogP contribution in [0.4, 0.5) is 0 Å². The summed E-state index contributed by atoms with van der Waals surface area (Å²) in [5, 5.41) is 5.07. The smallest absolute Gasteiger partial charge is 0.0641 e. The standard InChI is InChI=1S/C42H28N2/c1-3-13-29(14-4-1)30-15-11-16-31(27-30)32-17-12-20-34(28-32)43-39-24-10-8-22-37(39)41-40(43)26-25-36-35-21-7-9-23-38(35)44(42(36)41)33-18-5-2-6-19-33/h1-28H. The molecule has 0 fully saturated rings. The third-order valence-electron chi connectivity index (χ3n) is 8.89. The number of hydrogen-bond acceptors (Lipinski definition) is 0. The fraction of sp³-hybridized carbons (Fsp3) is 0. The van der Waals surface area contributed by atoms with E-state index in [0.29, 0.717) is 0 Å². The van der Waals surface area contributed by atoms with Crippen LogP contribution in [0.5, 0.6) is 0 Å². The molecule has 0 saturated carbocycles. The van der Waals surface area contributed by atoms with Crippen molar-refractivity contribution in [3.05, 3.63) is 170 Å². The Labute approximate surface area is 255 Å². The largest absolute Gasteiger partial charge is 0.309 e. The summed E-state index contributed by atoms with van der Waals surface area (Å²) in [7, 11) is 0. The topological polar surface area (TPSA) is 9.86 Å². The molecule has 0 aliphatic carbocycles. The van der Waals surface area contributed by atoms with E-state index in [9.17, 15) is 0 Å². The molecule has 0 atom stereocenters. The third kappa shape index (κ3) is 3.75. The molecule has 2 nitrogen and oxygen atoms in total. The maximum Gasteiger partial charge on any atom is 0.0641 e. The molecule has 2 heterocycles. The quantitative estimate of drug-likeness (QED) is 0.203. The first-order valence-electron chi connectivity index (χ1n) is 15.1. The molecule has 0 amide bonds. The minimum atomic E-state index is 1.15. The zero-order valence-corrected chi connectivity index (χ0v) is 24.1. The summed E-state index contributed by atoms with van der Waals surface area (Å²) < 4.78 is 4.87. The molecule has 7 aromatic carbocycles. The van der Waals surface area contributed by atoms with E-state index in [1.165, 1.54) is 71.6 Å². The number of hydrogen-bond donors (Lipinski definition) is 0. The van der Waals surface area contributed by atoms with Crippen LogP contribution in [0.2, 0.25) is 0 Å².